The van der Waals surface area contributed by atoms with Crippen molar-refractivity contribution in [3.8, 4) is 6.07 Å². The summed E-state index contributed by atoms with van der Waals surface area (Å²) in [5, 5.41) is 8.86. The lowest BCUT2D eigenvalue weighted by atomic mass is 9.99. The quantitative estimate of drug-likeness (QED) is 0.626. The summed E-state index contributed by atoms with van der Waals surface area (Å²) in [6.07, 6.45) is 2.23. The summed E-state index contributed by atoms with van der Waals surface area (Å²) in [6, 6.07) is 5.94. The molecule has 1 heterocycles. The Balaban J connectivity index is 2.56. The number of benzene rings is 1. The molecule has 1 aromatic rings. The van der Waals surface area contributed by atoms with Gasteiger partial charge in [-0.05, 0) is 30.5 Å². The number of hydrogen-bond donors (Lipinski definition) is 1. The lowest BCUT2D eigenvalue weighted by molar-refractivity contribution is 0.744. The van der Waals surface area contributed by atoms with Crippen LogP contribution in [-0.2, 0) is 6.42 Å². The fourth-order valence-corrected chi connectivity index (χ4v) is 1.93. The van der Waals surface area contributed by atoms with Crippen LogP contribution in [0.4, 0.5) is 11.4 Å². The highest BCUT2D eigenvalue weighted by molar-refractivity contribution is 5.67. The highest BCUT2D eigenvalue weighted by Gasteiger charge is 2.15. The highest BCUT2D eigenvalue weighted by atomic mass is 15.1. The van der Waals surface area contributed by atoms with Gasteiger partial charge in [0, 0.05) is 25.0 Å². The lowest BCUT2D eigenvalue weighted by Gasteiger charge is -2.27. The second-order valence-electron chi connectivity index (χ2n) is 3.71. The molecule has 72 valence electrons. The molecule has 0 spiro atoms. The summed E-state index contributed by atoms with van der Waals surface area (Å²) in [6.45, 7) is 1.06. The third-order valence-corrected chi connectivity index (χ3v) is 2.72. The van der Waals surface area contributed by atoms with Crippen molar-refractivity contribution in [1.82, 2.24) is 0 Å². The van der Waals surface area contributed by atoms with Crippen LogP contribution in [0.2, 0.25) is 0 Å². The zero-order valence-corrected chi connectivity index (χ0v) is 8.25. The molecule has 3 nitrogen and oxygen atoms in total. The molecule has 3 heteroatoms. The molecule has 1 aliphatic heterocycles. The minimum Gasteiger partial charge on any atom is -0.398 e. The first-order valence-electron chi connectivity index (χ1n) is 4.76. The van der Waals surface area contributed by atoms with Gasteiger partial charge in [0.05, 0.1) is 5.56 Å². The second kappa shape index (κ2) is 3.22. The van der Waals surface area contributed by atoms with Gasteiger partial charge >= 0.3 is 0 Å². The number of nitriles is 1. The lowest BCUT2D eigenvalue weighted by Crippen LogP contribution is -2.24. The van der Waals surface area contributed by atoms with Gasteiger partial charge in [0.15, 0.2) is 0 Å². The van der Waals surface area contributed by atoms with Crippen molar-refractivity contribution in [2.75, 3.05) is 24.2 Å². The van der Waals surface area contributed by atoms with Crippen LogP contribution in [0.5, 0.6) is 0 Å². The Morgan fingerprint density at radius 2 is 2.29 bits per heavy atom. The summed E-state index contributed by atoms with van der Waals surface area (Å²) in [5.74, 6) is 0. The summed E-state index contributed by atoms with van der Waals surface area (Å²) in [7, 11) is 2.05. The van der Waals surface area contributed by atoms with Gasteiger partial charge in [-0.1, -0.05) is 0 Å². The molecule has 0 radical (unpaired) electrons. The first-order valence-corrected chi connectivity index (χ1v) is 4.76. The standard InChI is InChI=1S/C11H13N3/c1-14-4-2-3-8-5-10(13)9(7-12)6-11(8)14/h5-6H,2-4,13H2,1H3. The zero-order valence-electron chi connectivity index (χ0n) is 8.25. The van der Waals surface area contributed by atoms with E-state index in [0.717, 1.165) is 25.1 Å². The Morgan fingerprint density at radius 3 is 3.00 bits per heavy atom. The molecule has 0 aliphatic carbocycles. The number of anilines is 2. The molecule has 0 unspecified atom stereocenters. The number of nitrogens with two attached hydrogens (primary N) is 1. The third-order valence-electron chi connectivity index (χ3n) is 2.72. The normalized spacial score (nSPS) is 14.7. The minimum atomic E-state index is 0.581. The first-order chi connectivity index (χ1) is 6.72. The first kappa shape index (κ1) is 8.89. The smallest absolute Gasteiger partial charge is 0.101 e. The maximum Gasteiger partial charge on any atom is 0.101 e. The van der Waals surface area contributed by atoms with E-state index in [1.54, 1.807) is 0 Å². The maximum atomic E-state index is 8.86. The summed E-state index contributed by atoms with van der Waals surface area (Å²) < 4.78 is 0. The van der Waals surface area contributed by atoms with Crippen molar-refractivity contribution in [3.05, 3.63) is 23.3 Å². The Labute approximate surface area is 83.7 Å². The van der Waals surface area contributed by atoms with Gasteiger partial charge in [0.1, 0.15) is 6.07 Å². The Morgan fingerprint density at radius 1 is 1.50 bits per heavy atom. The molecule has 14 heavy (non-hydrogen) atoms. The van der Waals surface area contributed by atoms with Crippen molar-refractivity contribution in [3.63, 3.8) is 0 Å². The van der Waals surface area contributed by atoms with Crippen LogP contribution in [0, 0.1) is 11.3 Å². The molecule has 0 saturated carbocycles. The van der Waals surface area contributed by atoms with Crippen LogP contribution in [-0.4, -0.2) is 13.6 Å². The molecule has 1 aromatic carbocycles. The molecule has 0 amide bonds. The van der Waals surface area contributed by atoms with E-state index >= 15 is 0 Å². The molecule has 0 fully saturated rings. The van der Waals surface area contributed by atoms with Gasteiger partial charge in [0.2, 0.25) is 0 Å². The van der Waals surface area contributed by atoms with Crippen LogP contribution < -0.4 is 10.6 Å². The van der Waals surface area contributed by atoms with E-state index in [4.69, 9.17) is 11.0 Å². The highest BCUT2D eigenvalue weighted by Crippen LogP contribution is 2.29. The monoisotopic (exact) mass is 187 g/mol. The molecule has 1 aliphatic rings. The summed E-state index contributed by atoms with van der Waals surface area (Å²) >= 11 is 0. The van der Waals surface area contributed by atoms with Crippen molar-refractivity contribution < 1.29 is 0 Å². The van der Waals surface area contributed by atoms with E-state index in [0.29, 0.717) is 11.3 Å². The van der Waals surface area contributed by atoms with Crippen LogP contribution in [0.15, 0.2) is 12.1 Å². The van der Waals surface area contributed by atoms with Crippen LogP contribution in [0.1, 0.15) is 17.5 Å². The Kier molecular flexibility index (Phi) is 2.05. The molecule has 0 bridgehead atoms. The number of rotatable bonds is 0. The van der Waals surface area contributed by atoms with Crippen LogP contribution in [0.3, 0.4) is 0 Å². The fourth-order valence-electron chi connectivity index (χ4n) is 1.93. The van der Waals surface area contributed by atoms with Gasteiger partial charge in [-0.3, -0.25) is 0 Å². The van der Waals surface area contributed by atoms with Crippen LogP contribution in [0.25, 0.3) is 0 Å². The number of aryl methyl sites for hydroxylation is 1. The van der Waals surface area contributed by atoms with E-state index in [9.17, 15) is 0 Å². The summed E-state index contributed by atoms with van der Waals surface area (Å²) in [4.78, 5) is 2.18. The molecule has 0 aromatic heterocycles. The molecule has 0 atom stereocenters. The minimum absolute atomic E-state index is 0.581. The SMILES string of the molecule is CN1CCCc2cc(N)c(C#N)cc21. The molecule has 2 N–H and O–H groups in total. The third kappa shape index (κ3) is 1.29. The van der Waals surface area contributed by atoms with E-state index in [1.807, 2.05) is 12.1 Å². The number of hydrogen-bond acceptors (Lipinski definition) is 3. The maximum absolute atomic E-state index is 8.86. The van der Waals surface area contributed by atoms with Crippen molar-refractivity contribution in [2.24, 2.45) is 0 Å². The van der Waals surface area contributed by atoms with Gasteiger partial charge in [0.25, 0.3) is 0 Å². The average molecular weight is 187 g/mol. The fraction of sp³-hybridized carbons (Fsp3) is 0.364. The Hall–Kier alpha value is -1.69. The van der Waals surface area contributed by atoms with E-state index < -0.39 is 0 Å². The molecular weight excluding hydrogens is 174 g/mol. The largest absolute Gasteiger partial charge is 0.398 e. The second-order valence-corrected chi connectivity index (χ2v) is 3.71. The van der Waals surface area contributed by atoms with Gasteiger partial charge < -0.3 is 10.6 Å². The molecular formula is C11H13N3. The predicted molar refractivity (Wildman–Crippen MR) is 57.2 cm³/mol. The van der Waals surface area contributed by atoms with Crippen molar-refractivity contribution >= 4 is 11.4 Å². The number of fused-ring (bicyclic) bond motifs is 1. The van der Waals surface area contributed by atoms with Gasteiger partial charge in [-0.2, -0.15) is 5.26 Å². The van der Waals surface area contributed by atoms with Crippen molar-refractivity contribution in [2.45, 2.75) is 12.8 Å². The van der Waals surface area contributed by atoms with E-state index in [2.05, 4.69) is 18.0 Å². The number of nitrogens with zero attached hydrogens (tertiary/aromatic N) is 2. The topological polar surface area (TPSA) is 53.0 Å². The molecule has 0 saturated heterocycles. The average Bonchev–Trinajstić information content (AvgIpc) is 2.17. The zero-order chi connectivity index (χ0) is 10.1. The summed E-state index contributed by atoms with van der Waals surface area (Å²) in [5.41, 5.74) is 9.35. The number of nitrogen functional groups attached to an aromatic ring is 1. The van der Waals surface area contributed by atoms with E-state index in [-0.39, 0.29) is 0 Å². The Bertz CT molecular complexity index is 404. The van der Waals surface area contributed by atoms with E-state index in [1.165, 1.54) is 5.56 Å². The van der Waals surface area contributed by atoms with Gasteiger partial charge in [-0.25, -0.2) is 0 Å². The van der Waals surface area contributed by atoms with Crippen LogP contribution >= 0.6 is 0 Å². The predicted octanol–water partition coefficient (Wildman–Crippen LogP) is 1.52. The van der Waals surface area contributed by atoms with Gasteiger partial charge in [-0.15, -0.1) is 0 Å². The molecule has 2 rings (SSSR count). The van der Waals surface area contributed by atoms with Crippen molar-refractivity contribution in [1.29, 1.82) is 5.26 Å².